The van der Waals surface area contributed by atoms with Crippen LogP contribution in [0.1, 0.15) is 34.3 Å². The number of hydrogen-bond donors (Lipinski definition) is 2. The molecule has 2 aromatic rings. The monoisotopic (exact) mass is 376 g/mol. The van der Waals surface area contributed by atoms with Crippen molar-refractivity contribution in [1.29, 1.82) is 0 Å². The van der Waals surface area contributed by atoms with E-state index in [4.69, 9.17) is 0 Å². The second-order valence-corrected chi connectivity index (χ2v) is 6.15. The Labute approximate surface area is 152 Å². The van der Waals surface area contributed by atoms with Crippen LogP contribution in [-0.2, 0) is 22.2 Å². The van der Waals surface area contributed by atoms with Crippen LogP contribution in [-0.4, -0.2) is 17.6 Å². The average molecular weight is 376 g/mol. The highest BCUT2D eigenvalue weighted by molar-refractivity contribution is 6.03. The zero-order chi connectivity index (χ0) is 19.6. The van der Waals surface area contributed by atoms with E-state index in [9.17, 15) is 27.6 Å². The number of rotatable bonds is 5. The van der Waals surface area contributed by atoms with Crippen molar-refractivity contribution >= 4 is 29.0 Å². The maximum atomic E-state index is 12.7. The summed E-state index contributed by atoms with van der Waals surface area (Å²) in [5, 5.41) is 5.02. The topological polar surface area (TPSA) is 75.3 Å². The Morgan fingerprint density at radius 3 is 2.59 bits per heavy atom. The largest absolute Gasteiger partial charge is 0.416 e. The average Bonchev–Trinajstić information content (AvgIpc) is 2.98. The summed E-state index contributed by atoms with van der Waals surface area (Å²) < 4.78 is 38.0. The minimum Gasteiger partial charge on any atom is -0.326 e. The van der Waals surface area contributed by atoms with Crippen LogP contribution in [0.5, 0.6) is 0 Å². The molecule has 1 aliphatic heterocycles. The van der Waals surface area contributed by atoms with E-state index in [0.29, 0.717) is 11.3 Å². The van der Waals surface area contributed by atoms with E-state index in [0.717, 1.165) is 17.7 Å². The molecule has 5 nitrogen and oxygen atoms in total. The Hall–Kier alpha value is -3.16. The van der Waals surface area contributed by atoms with Crippen LogP contribution >= 0.6 is 0 Å². The highest BCUT2D eigenvalue weighted by atomic mass is 19.4. The molecule has 0 unspecified atom stereocenters. The number of carbonyl (C=O) groups is 3. The lowest BCUT2D eigenvalue weighted by Crippen LogP contribution is -2.14. The molecule has 0 fully saturated rings. The summed E-state index contributed by atoms with van der Waals surface area (Å²) in [6, 6.07) is 9.10. The second kappa shape index (κ2) is 7.22. The molecule has 0 aromatic heterocycles. The van der Waals surface area contributed by atoms with Gasteiger partial charge in [-0.3, -0.25) is 14.4 Å². The van der Waals surface area contributed by atoms with Gasteiger partial charge in [-0.2, -0.15) is 13.2 Å². The van der Waals surface area contributed by atoms with Crippen molar-refractivity contribution < 1.29 is 27.6 Å². The fourth-order valence-corrected chi connectivity index (χ4v) is 2.77. The lowest BCUT2D eigenvalue weighted by molar-refractivity contribution is -0.137. The molecule has 27 heavy (non-hydrogen) atoms. The molecule has 8 heteroatoms. The smallest absolute Gasteiger partial charge is 0.326 e. The Morgan fingerprint density at radius 2 is 1.85 bits per heavy atom. The number of hydrogen-bond acceptors (Lipinski definition) is 3. The van der Waals surface area contributed by atoms with E-state index in [2.05, 4.69) is 10.6 Å². The Bertz CT molecular complexity index is 923. The van der Waals surface area contributed by atoms with Gasteiger partial charge in [0, 0.05) is 29.8 Å². The number of Topliss-reactive ketones (excluding diaryl/α,β-unsaturated/α-hetero) is 1. The van der Waals surface area contributed by atoms with Crippen LogP contribution in [0.2, 0.25) is 0 Å². The first kappa shape index (κ1) is 18.6. The molecule has 0 atom stereocenters. The first-order valence-corrected chi connectivity index (χ1v) is 8.15. The Balaban J connectivity index is 1.57. The number of fused-ring (bicyclic) bond motifs is 1. The Morgan fingerprint density at radius 1 is 1.07 bits per heavy atom. The number of halogens is 3. The third-order valence-corrected chi connectivity index (χ3v) is 4.11. The van der Waals surface area contributed by atoms with Crippen LogP contribution in [0, 0.1) is 0 Å². The van der Waals surface area contributed by atoms with Crippen LogP contribution in [0.3, 0.4) is 0 Å². The lowest BCUT2D eigenvalue weighted by Gasteiger charge is -2.10. The number of carbonyl (C=O) groups excluding carboxylic acids is 3. The van der Waals surface area contributed by atoms with E-state index in [1.54, 1.807) is 18.2 Å². The van der Waals surface area contributed by atoms with Gasteiger partial charge in [0.1, 0.15) is 0 Å². The zero-order valence-corrected chi connectivity index (χ0v) is 14.0. The van der Waals surface area contributed by atoms with E-state index in [1.165, 1.54) is 12.1 Å². The molecule has 2 N–H and O–H groups in total. The molecule has 0 spiro atoms. The first-order chi connectivity index (χ1) is 12.7. The van der Waals surface area contributed by atoms with Gasteiger partial charge in [0.2, 0.25) is 11.8 Å². The van der Waals surface area contributed by atoms with Gasteiger partial charge in [0.25, 0.3) is 0 Å². The van der Waals surface area contributed by atoms with Gasteiger partial charge in [0.05, 0.1) is 12.0 Å². The number of alkyl halides is 3. The highest BCUT2D eigenvalue weighted by Gasteiger charge is 2.30. The van der Waals surface area contributed by atoms with Crippen molar-refractivity contribution in [2.75, 3.05) is 10.6 Å². The molecule has 2 aromatic carbocycles. The standard InChI is InChI=1S/C19H15F3N2O3/c20-19(21,22)13-2-1-3-14(10-13)23-17(26)7-6-16(25)11-4-5-15-12(8-11)9-18(27)24-15/h1-5,8,10H,6-7,9H2,(H,23,26)(H,24,27). The predicted octanol–water partition coefficient (Wildman–Crippen LogP) is 3.80. The summed E-state index contributed by atoms with van der Waals surface area (Å²) in [6.07, 6.45) is -4.55. The molecule has 2 amide bonds. The van der Waals surface area contributed by atoms with Gasteiger partial charge in [-0.05, 0) is 42.0 Å². The SMILES string of the molecule is O=C(CCC(=O)c1ccc2c(c1)CC(=O)N2)Nc1cccc(C(F)(F)F)c1. The molecule has 0 aliphatic carbocycles. The van der Waals surface area contributed by atoms with E-state index in [1.807, 2.05) is 0 Å². The molecule has 1 heterocycles. The quantitative estimate of drug-likeness (QED) is 0.780. The van der Waals surface area contributed by atoms with E-state index < -0.39 is 17.6 Å². The number of anilines is 2. The zero-order valence-electron chi connectivity index (χ0n) is 14.0. The molecular weight excluding hydrogens is 361 g/mol. The summed E-state index contributed by atoms with van der Waals surface area (Å²) in [5.74, 6) is -0.980. The minimum absolute atomic E-state index is 0.0180. The molecule has 0 saturated carbocycles. The molecule has 140 valence electrons. The normalized spacial score (nSPS) is 13.1. The van der Waals surface area contributed by atoms with Crippen molar-refractivity contribution in [3.8, 4) is 0 Å². The van der Waals surface area contributed by atoms with Crippen LogP contribution in [0.4, 0.5) is 24.5 Å². The van der Waals surface area contributed by atoms with Crippen molar-refractivity contribution in [1.82, 2.24) is 0 Å². The van der Waals surface area contributed by atoms with Crippen molar-refractivity contribution in [2.24, 2.45) is 0 Å². The third kappa shape index (κ3) is 4.52. The Kier molecular flexibility index (Phi) is 4.98. The van der Waals surface area contributed by atoms with Crippen LogP contribution in [0.15, 0.2) is 42.5 Å². The van der Waals surface area contributed by atoms with E-state index in [-0.39, 0.29) is 36.6 Å². The maximum absolute atomic E-state index is 12.7. The number of benzene rings is 2. The molecule has 0 saturated heterocycles. The van der Waals surface area contributed by atoms with Crippen molar-refractivity contribution in [3.05, 3.63) is 59.2 Å². The maximum Gasteiger partial charge on any atom is 0.416 e. The fourth-order valence-electron chi connectivity index (χ4n) is 2.77. The number of ketones is 1. The summed E-state index contributed by atoms with van der Waals surface area (Å²) >= 11 is 0. The molecule has 3 rings (SSSR count). The van der Waals surface area contributed by atoms with Crippen LogP contribution in [0.25, 0.3) is 0 Å². The van der Waals surface area contributed by atoms with Crippen molar-refractivity contribution in [2.45, 2.75) is 25.4 Å². The van der Waals surface area contributed by atoms with Gasteiger partial charge in [0.15, 0.2) is 5.78 Å². The van der Waals surface area contributed by atoms with Gasteiger partial charge < -0.3 is 10.6 Å². The highest BCUT2D eigenvalue weighted by Crippen LogP contribution is 2.30. The van der Waals surface area contributed by atoms with Gasteiger partial charge in [-0.25, -0.2) is 0 Å². The van der Waals surface area contributed by atoms with Gasteiger partial charge >= 0.3 is 6.18 Å². The molecule has 0 radical (unpaired) electrons. The fraction of sp³-hybridized carbons (Fsp3) is 0.211. The minimum atomic E-state index is -4.50. The molecule has 0 bridgehead atoms. The molecular formula is C19H15F3N2O3. The predicted molar refractivity (Wildman–Crippen MR) is 92.4 cm³/mol. The van der Waals surface area contributed by atoms with Crippen LogP contribution < -0.4 is 10.6 Å². The van der Waals surface area contributed by atoms with E-state index >= 15 is 0 Å². The summed E-state index contributed by atoms with van der Waals surface area (Å²) in [7, 11) is 0. The summed E-state index contributed by atoms with van der Waals surface area (Å²) in [4.78, 5) is 35.5. The first-order valence-electron chi connectivity index (χ1n) is 8.15. The molecule has 1 aliphatic rings. The van der Waals surface area contributed by atoms with Crippen molar-refractivity contribution in [3.63, 3.8) is 0 Å². The number of nitrogens with one attached hydrogen (secondary N) is 2. The third-order valence-electron chi connectivity index (χ3n) is 4.11. The number of amides is 2. The summed E-state index contributed by atoms with van der Waals surface area (Å²) in [5.41, 5.74) is 0.928. The second-order valence-electron chi connectivity index (χ2n) is 6.15. The summed E-state index contributed by atoms with van der Waals surface area (Å²) in [6.45, 7) is 0. The van der Waals surface area contributed by atoms with Gasteiger partial charge in [-0.15, -0.1) is 0 Å². The lowest BCUT2D eigenvalue weighted by atomic mass is 10.0. The van der Waals surface area contributed by atoms with Gasteiger partial charge in [-0.1, -0.05) is 6.07 Å².